The summed E-state index contributed by atoms with van der Waals surface area (Å²) >= 11 is 0. The van der Waals surface area contributed by atoms with Gasteiger partial charge < -0.3 is 20.5 Å². The van der Waals surface area contributed by atoms with Crippen molar-refractivity contribution in [3.8, 4) is 23.4 Å². The quantitative estimate of drug-likeness (QED) is 0.486. The van der Waals surface area contributed by atoms with Gasteiger partial charge in [-0.15, -0.1) is 0 Å². The van der Waals surface area contributed by atoms with E-state index in [4.69, 9.17) is 9.72 Å². The maximum absolute atomic E-state index is 10.00. The van der Waals surface area contributed by atoms with Gasteiger partial charge in [0.05, 0.1) is 48.4 Å². The first-order valence-corrected chi connectivity index (χ1v) is 11.9. The molecule has 0 amide bonds. The van der Waals surface area contributed by atoms with Crippen molar-refractivity contribution in [2.75, 3.05) is 50.1 Å². The second-order valence-corrected chi connectivity index (χ2v) is 9.39. The zero-order valence-electron chi connectivity index (χ0n) is 20.1. The average Bonchev–Trinajstić information content (AvgIpc) is 3.27. The highest BCUT2D eigenvalue weighted by Crippen LogP contribution is 2.41. The number of morpholine rings is 1. The number of hydrogen-bond donors (Lipinski definition) is 3. The molecule has 0 saturated carbocycles. The highest BCUT2D eigenvalue weighted by molar-refractivity contribution is 5.76. The summed E-state index contributed by atoms with van der Waals surface area (Å²) in [6, 6.07) is 15.6. The van der Waals surface area contributed by atoms with Crippen LogP contribution in [-0.2, 0) is 16.7 Å². The van der Waals surface area contributed by atoms with Crippen LogP contribution >= 0.6 is 0 Å². The van der Waals surface area contributed by atoms with Gasteiger partial charge in [0, 0.05) is 49.0 Å². The molecule has 0 radical (unpaired) electrons. The summed E-state index contributed by atoms with van der Waals surface area (Å²) in [6.07, 6.45) is 1.67. The normalized spacial score (nSPS) is 19.1. The number of aliphatic hydroxyl groups is 1. The van der Waals surface area contributed by atoms with Gasteiger partial charge in [-0.1, -0.05) is 13.0 Å². The molecular weight excluding hydrogens is 454 g/mol. The zero-order valence-corrected chi connectivity index (χ0v) is 20.1. The molecule has 1 atom stereocenters. The minimum absolute atomic E-state index is 0.0287. The Bertz CT molecular complexity index is 1370. The first-order chi connectivity index (χ1) is 17.5. The molecule has 9 heteroatoms. The lowest BCUT2D eigenvalue weighted by molar-refractivity contribution is 0.0343. The van der Waals surface area contributed by atoms with Crippen LogP contribution in [-0.4, -0.2) is 59.4 Å². The fourth-order valence-corrected chi connectivity index (χ4v) is 4.66. The summed E-state index contributed by atoms with van der Waals surface area (Å²) in [5, 5.41) is 35.8. The molecule has 5 rings (SSSR count). The van der Waals surface area contributed by atoms with E-state index in [-0.39, 0.29) is 6.61 Å². The van der Waals surface area contributed by atoms with Gasteiger partial charge in [-0.3, -0.25) is 4.90 Å². The number of nitrogens with one attached hydrogen (secondary N) is 2. The van der Waals surface area contributed by atoms with Crippen molar-refractivity contribution < 1.29 is 9.84 Å². The number of nitrogens with zero attached hydrogens (tertiary/aromatic N) is 5. The largest absolute Gasteiger partial charge is 0.395 e. The highest BCUT2D eigenvalue weighted by atomic mass is 16.5. The Labute approximate surface area is 210 Å². The van der Waals surface area contributed by atoms with E-state index in [9.17, 15) is 15.6 Å². The maximum Gasteiger partial charge on any atom is 0.227 e. The third-order valence-corrected chi connectivity index (χ3v) is 6.85. The SMILES string of the molecule is C[C@]1(CO)CNc2c(C#N)cc(-c3ccnc(Nc4cc(C#N)ccc4CN4CCOCC4)n3)cc21. The van der Waals surface area contributed by atoms with Crippen LogP contribution in [0, 0.1) is 22.7 Å². The van der Waals surface area contributed by atoms with Gasteiger partial charge in [-0.25, -0.2) is 9.97 Å². The Morgan fingerprint density at radius 3 is 2.75 bits per heavy atom. The van der Waals surface area contributed by atoms with Crippen molar-refractivity contribution >= 4 is 17.3 Å². The molecule has 0 aliphatic carbocycles. The van der Waals surface area contributed by atoms with Crippen molar-refractivity contribution in [3.05, 3.63) is 64.8 Å². The van der Waals surface area contributed by atoms with Crippen LogP contribution in [0.25, 0.3) is 11.3 Å². The van der Waals surface area contributed by atoms with E-state index < -0.39 is 5.41 Å². The summed E-state index contributed by atoms with van der Waals surface area (Å²) in [5.74, 6) is 0.396. The molecule has 1 aromatic heterocycles. The Hall–Kier alpha value is -4.02. The van der Waals surface area contributed by atoms with Gasteiger partial charge in [0.1, 0.15) is 6.07 Å². The highest BCUT2D eigenvalue weighted by Gasteiger charge is 2.36. The molecule has 2 aliphatic heterocycles. The molecule has 3 heterocycles. The predicted molar refractivity (Wildman–Crippen MR) is 136 cm³/mol. The maximum atomic E-state index is 10.00. The van der Waals surface area contributed by atoms with Crippen LogP contribution in [0.3, 0.4) is 0 Å². The van der Waals surface area contributed by atoms with E-state index in [0.29, 0.717) is 42.5 Å². The molecule has 0 spiro atoms. The number of hydrogen-bond acceptors (Lipinski definition) is 9. The Morgan fingerprint density at radius 1 is 1.17 bits per heavy atom. The van der Waals surface area contributed by atoms with Crippen molar-refractivity contribution in [1.29, 1.82) is 10.5 Å². The third kappa shape index (κ3) is 4.60. The number of nitriles is 2. The number of ether oxygens (including phenoxy) is 1. The average molecular weight is 482 g/mol. The van der Waals surface area contributed by atoms with Crippen LogP contribution < -0.4 is 10.6 Å². The summed E-state index contributed by atoms with van der Waals surface area (Å²) in [6.45, 7) is 6.36. The predicted octanol–water partition coefficient (Wildman–Crippen LogP) is 3.14. The molecule has 9 nitrogen and oxygen atoms in total. The van der Waals surface area contributed by atoms with E-state index >= 15 is 0 Å². The lowest BCUT2D eigenvalue weighted by Gasteiger charge is -2.27. The van der Waals surface area contributed by atoms with E-state index in [1.807, 2.05) is 31.2 Å². The third-order valence-electron chi connectivity index (χ3n) is 6.85. The minimum atomic E-state index is -0.475. The van der Waals surface area contributed by atoms with Crippen LogP contribution in [0.5, 0.6) is 0 Å². The minimum Gasteiger partial charge on any atom is -0.395 e. The van der Waals surface area contributed by atoms with Crippen molar-refractivity contribution in [2.24, 2.45) is 0 Å². The van der Waals surface area contributed by atoms with Gasteiger partial charge in [-0.2, -0.15) is 10.5 Å². The molecule has 182 valence electrons. The number of fused-ring (bicyclic) bond motifs is 1. The van der Waals surface area contributed by atoms with Crippen LogP contribution in [0.2, 0.25) is 0 Å². The van der Waals surface area contributed by atoms with Crippen molar-refractivity contribution in [2.45, 2.75) is 18.9 Å². The molecule has 0 unspecified atom stereocenters. The van der Waals surface area contributed by atoms with E-state index in [1.165, 1.54) is 0 Å². The zero-order chi connectivity index (χ0) is 25.1. The first kappa shape index (κ1) is 23.7. The summed E-state index contributed by atoms with van der Waals surface area (Å²) < 4.78 is 5.46. The molecule has 1 saturated heterocycles. The van der Waals surface area contributed by atoms with E-state index in [0.717, 1.165) is 47.7 Å². The molecule has 0 bridgehead atoms. The topological polar surface area (TPSA) is 130 Å². The summed E-state index contributed by atoms with van der Waals surface area (Å²) in [4.78, 5) is 11.4. The molecular formula is C27H27N7O2. The van der Waals surface area contributed by atoms with Gasteiger partial charge in [0.25, 0.3) is 0 Å². The fraction of sp³-hybridized carbons (Fsp3) is 0.333. The summed E-state index contributed by atoms with van der Waals surface area (Å²) in [5.41, 5.74) is 5.52. The van der Waals surface area contributed by atoms with Gasteiger partial charge >= 0.3 is 0 Å². The van der Waals surface area contributed by atoms with Crippen LogP contribution in [0.1, 0.15) is 29.2 Å². The number of anilines is 3. The first-order valence-electron chi connectivity index (χ1n) is 11.9. The Morgan fingerprint density at radius 2 is 2.00 bits per heavy atom. The number of rotatable bonds is 6. The van der Waals surface area contributed by atoms with Crippen molar-refractivity contribution in [3.63, 3.8) is 0 Å². The van der Waals surface area contributed by atoms with Crippen LogP contribution in [0.15, 0.2) is 42.6 Å². The second-order valence-electron chi connectivity index (χ2n) is 9.39. The Kier molecular flexibility index (Phi) is 6.53. The molecule has 2 aliphatic rings. The standard InChI is InChI=1S/C27H27N7O2/c1-27(17-35)16-31-25-21(14-29)11-20(12-22(25)27)23-4-5-30-26(32-23)33-24-10-18(13-28)2-3-19(24)15-34-6-8-36-9-7-34/h2-5,10-12,31,35H,6-9,15-17H2,1H3,(H,30,32,33)/t27-/m1/s1. The lowest BCUT2D eigenvalue weighted by atomic mass is 9.83. The number of aliphatic hydroxyl groups excluding tert-OH is 1. The molecule has 1 fully saturated rings. The molecule has 2 aromatic carbocycles. The van der Waals surface area contributed by atoms with Gasteiger partial charge in [-0.05, 0) is 41.5 Å². The van der Waals surface area contributed by atoms with E-state index in [2.05, 4.69) is 32.7 Å². The second kappa shape index (κ2) is 9.92. The van der Waals surface area contributed by atoms with Crippen LogP contribution in [0.4, 0.5) is 17.3 Å². The smallest absolute Gasteiger partial charge is 0.227 e. The molecule has 36 heavy (non-hydrogen) atoms. The Balaban J connectivity index is 1.47. The molecule has 3 N–H and O–H groups in total. The summed E-state index contributed by atoms with van der Waals surface area (Å²) in [7, 11) is 0. The van der Waals surface area contributed by atoms with Gasteiger partial charge in [0.15, 0.2) is 0 Å². The van der Waals surface area contributed by atoms with Gasteiger partial charge in [0.2, 0.25) is 5.95 Å². The monoisotopic (exact) mass is 481 g/mol. The van der Waals surface area contributed by atoms with Crippen molar-refractivity contribution in [1.82, 2.24) is 14.9 Å². The molecule has 3 aromatic rings. The van der Waals surface area contributed by atoms with E-state index in [1.54, 1.807) is 18.3 Å². The number of benzene rings is 2. The fourth-order valence-electron chi connectivity index (χ4n) is 4.66. The lowest BCUT2D eigenvalue weighted by Crippen LogP contribution is -2.35. The number of aromatic nitrogens is 2.